The zero-order chi connectivity index (χ0) is 12.7. The van der Waals surface area contributed by atoms with E-state index < -0.39 is 0 Å². The molecule has 2 unspecified atom stereocenters. The van der Waals surface area contributed by atoms with Gasteiger partial charge in [0, 0.05) is 19.6 Å². The highest BCUT2D eigenvalue weighted by atomic mass is 35.5. The summed E-state index contributed by atoms with van der Waals surface area (Å²) in [6.45, 7) is 6.26. The third-order valence-electron chi connectivity index (χ3n) is 2.60. The van der Waals surface area contributed by atoms with Crippen molar-refractivity contribution in [3.63, 3.8) is 0 Å². The summed E-state index contributed by atoms with van der Waals surface area (Å²) in [6.07, 6.45) is 0.828. The molecule has 17 heavy (non-hydrogen) atoms. The molecule has 0 aliphatic rings. The molecule has 2 atom stereocenters. The summed E-state index contributed by atoms with van der Waals surface area (Å²) in [5, 5.41) is 2.51. The van der Waals surface area contributed by atoms with E-state index in [1.165, 1.54) is 0 Å². The Kier molecular flexibility index (Phi) is 10.1. The van der Waals surface area contributed by atoms with Crippen LogP contribution < -0.4 is 11.1 Å². The molecule has 0 aromatic rings. The SMILES string of the molecule is CCCN(CC(=O)NC)C(=O)C(C)C(C)N.Cl. The van der Waals surface area contributed by atoms with Crippen LogP contribution in [-0.2, 0) is 9.59 Å². The molecule has 5 nitrogen and oxygen atoms in total. The second-order valence-electron chi connectivity index (χ2n) is 4.08. The molecule has 2 amide bonds. The van der Waals surface area contributed by atoms with Crippen molar-refractivity contribution in [1.82, 2.24) is 10.2 Å². The molecule has 0 aromatic carbocycles. The molecule has 0 rings (SSSR count). The van der Waals surface area contributed by atoms with Crippen molar-refractivity contribution in [3.05, 3.63) is 0 Å². The number of amides is 2. The maximum absolute atomic E-state index is 12.0. The minimum absolute atomic E-state index is 0. The van der Waals surface area contributed by atoms with Gasteiger partial charge in [-0.25, -0.2) is 0 Å². The summed E-state index contributed by atoms with van der Waals surface area (Å²) in [6, 6.07) is -0.198. The first kappa shape index (κ1) is 18.6. The Labute approximate surface area is 110 Å². The van der Waals surface area contributed by atoms with Gasteiger partial charge in [-0.3, -0.25) is 9.59 Å². The lowest BCUT2D eigenvalue weighted by atomic mass is 10.0. The van der Waals surface area contributed by atoms with E-state index in [1.807, 2.05) is 6.92 Å². The van der Waals surface area contributed by atoms with Gasteiger partial charge >= 0.3 is 0 Å². The zero-order valence-corrected chi connectivity index (χ0v) is 11.8. The van der Waals surface area contributed by atoms with Gasteiger partial charge in [-0.2, -0.15) is 0 Å². The van der Waals surface area contributed by atoms with Crippen LogP contribution in [0.1, 0.15) is 27.2 Å². The van der Waals surface area contributed by atoms with E-state index >= 15 is 0 Å². The largest absolute Gasteiger partial charge is 0.358 e. The van der Waals surface area contributed by atoms with Gasteiger partial charge in [-0.05, 0) is 13.3 Å². The second kappa shape index (κ2) is 9.24. The highest BCUT2D eigenvalue weighted by Gasteiger charge is 2.23. The molecule has 0 aromatic heterocycles. The zero-order valence-electron chi connectivity index (χ0n) is 11.0. The van der Waals surface area contributed by atoms with Crippen molar-refractivity contribution < 1.29 is 9.59 Å². The lowest BCUT2D eigenvalue weighted by Crippen LogP contribution is -2.46. The van der Waals surface area contributed by atoms with Gasteiger partial charge in [-0.15, -0.1) is 12.4 Å². The number of hydrogen-bond donors (Lipinski definition) is 2. The fourth-order valence-corrected chi connectivity index (χ4v) is 1.30. The molecule has 0 aliphatic carbocycles. The van der Waals surface area contributed by atoms with Crippen LogP contribution >= 0.6 is 12.4 Å². The molecule has 6 heteroatoms. The van der Waals surface area contributed by atoms with Crippen LogP contribution in [0.4, 0.5) is 0 Å². The Morgan fingerprint density at radius 1 is 1.35 bits per heavy atom. The molecule has 102 valence electrons. The molecule has 0 heterocycles. The lowest BCUT2D eigenvalue weighted by Gasteiger charge is -2.26. The number of nitrogens with zero attached hydrogens (tertiary/aromatic N) is 1. The molecular weight excluding hydrogens is 242 g/mol. The maximum atomic E-state index is 12.0. The number of halogens is 1. The van der Waals surface area contributed by atoms with E-state index in [-0.39, 0.29) is 42.7 Å². The lowest BCUT2D eigenvalue weighted by molar-refractivity contribution is -0.139. The fourth-order valence-electron chi connectivity index (χ4n) is 1.30. The minimum atomic E-state index is -0.254. The topological polar surface area (TPSA) is 75.4 Å². The number of likely N-dealkylation sites (N-methyl/N-ethyl adjacent to an activating group) is 1. The van der Waals surface area contributed by atoms with Crippen LogP contribution in [0.25, 0.3) is 0 Å². The summed E-state index contributed by atoms with van der Waals surface area (Å²) in [5.41, 5.74) is 5.69. The monoisotopic (exact) mass is 265 g/mol. The van der Waals surface area contributed by atoms with Crippen molar-refractivity contribution in [2.45, 2.75) is 33.2 Å². The number of carbonyl (C=O) groups excluding carboxylic acids is 2. The quantitative estimate of drug-likeness (QED) is 0.729. The van der Waals surface area contributed by atoms with Gasteiger partial charge in [0.1, 0.15) is 0 Å². The van der Waals surface area contributed by atoms with E-state index in [2.05, 4.69) is 5.32 Å². The van der Waals surface area contributed by atoms with Crippen LogP contribution in [0.2, 0.25) is 0 Å². The van der Waals surface area contributed by atoms with Crippen LogP contribution in [0.5, 0.6) is 0 Å². The summed E-state index contributed by atoms with van der Waals surface area (Å²) >= 11 is 0. The average Bonchev–Trinajstić information content (AvgIpc) is 2.26. The van der Waals surface area contributed by atoms with Crippen LogP contribution in [-0.4, -0.2) is 42.9 Å². The van der Waals surface area contributed by atoms with E-state index in [0.29, 0.717) is 6.54 Å². The molecule has 0 bridgehead atoms. The first-order chi connectivity index (χ1) is 7.43. The van der Waals surface area contributed by atoms with E-state index in [0.717, 1.165) is 6.42 Å². The smallest absolute Gasteiger partial charge is 0.239 e. The van der Waals surface area contributed by atoms with Gasteiger partial charge in [-0.1, -0.05) is 13.8 Å². The molecule has 0 saturated heterocycles. The summed E-state index contributed by atoms with van der Waals surface area (Å²) in [5.74, 6) is -0.463. The number of nitrogens with two attached hydrogens (primary N) is 1. The van der Waals surface area contributed by atoms with Gasteiger partial charge in [0.25, 0.3) is 0 Å². The standard InChI is InChI=1S/C11H23N3O2.ClH/c1-5-6-14(7-10(15)13-4)11(16)8(2)9(3)12;/h8-9H,5-7,12H2,1-4H3,(H,13,15);1H. The van der Waals surface area contributed by atoms with Crippen molar-refractivity contribution in [2.75, 3.05) is 20.1 Å². The maximum Gasteiger partial charge on any atom is 0.239 e. The predicted octanol–water partition coefficient (Wildman–Crippen LogP) is 0.376. The fraction of sp³-hybridized carbons (Fsp3) is 0.818. The normalized spacial score (nSPS) is 13.2. The van der Waals surface area contributed by atoms with Crippen LogP contribution in [0.3, 0.4) is 0 Å². The van der Waals surface area contributed by atoms with Crippen molar-refractivity contribution in [2.24, 2.45) is 11.7 Å². The Balaban J connectivity index is 0. The van der Waals surface area contributed by atoms with E-state index in [9.17, 15) is 9.59 Å². The second-order valence-corrected chi connectivity index (χ2v) is 4.08. The van der Waals surface area contributed by atoms with Gasteiger partial charge in [0.05, 0.1) is 12.5 Å². The Morgan fingerprint density at radius 3 is 2.24 bits per heavy atom. The van der Waals surface area contributed by atoms with Crippen LogP contribution in [0.15, 0.2) is 0 Å². The molecule has 0 spiro atoms. The van der Waals surface area contributed by atoms with Crippen molar-refractivity contribution in [1.29, 1.82) is 0 Å². The Bertz CT molecular complexity index is 247. The highest BCUT2D eigenvalue weighted by molar-refractivity contribution is 5.86. The summed E-state index contributed by atoms with van der Waals surface area (Å²) in [4.78, 5) is 24.8. The van der Waals surface area contributed by atoms with E-state index in [1.54, 1.807) is 25.8 Å². The highest BCUT2D eigenvalue weighted by Crippen LogP contribution is 2.06. The minimum Gasteiger partial charge on any atom is -0.358 e. The molecule has 0 aliphatic heterocycles. The summed E-state index contributed by atoms with van der Waals surface area (Å²) in [7, 11) is 1.56. The molecule has 0 saturated carbocycles. The number of carbonyl (C=O) groups is 2. The number of rotatable bonds is 6. The Hall–Kier alpha value is -0.810. The third-order valence-corrected chi connectivity index (χ3v) is 2.60. The number of nitrogens with one attached hydrogen (secondary N) is 1. The molecular formula is C11H24ClN3O2. The molecule has 0 fully saturated rings. The third kappa shape index (κ3) is 6.48. The van der Waals surface area contributed by atoms with Crippen LogP contribution in [0, 0.1) is 5.92 Å². The molecule has 0 radical (unpaired) electrons. The van der Waals surface area contributed by atoms with Gasteiger partial charge in [0.2, 0.25) is 11.8 Å². The van der Waals surface area contributed by atoms with E-state index in [4.69, 9.17) is 5.73 Å². The van der Waals surface area contributed by atoms with Crippen molar-refractivity contribution >= 4 is 24.2 Å². The predicted molar refractivity (Wildman–Crippen MR) is 71.0 cm³/mol. The first-order valence-corrected chi connectivity index (χ1v) is 5.69. The van der Waals surface area contributed by atoms with Gasteiger partial charge < -0.3 is 16.0 Å². The Morgan fingerprint density at radius 2 is 1.88 bits per heavy atom. The van der Waals surface area contributed by atoms with Crippen molar-refractivity contribution in [3.8, 4) is 0 Å². The molecule has 3 N–H and O–H groups in total. The van der Waals surface area contributed by atoms with Gasteiger partial charge in [0.15, 0.2) is 0 Å². The average molecular weight is 266 g/mol. The summed E-state index contributed by atoms with van der Waals surface area (Å²) < 4.78 is 0. The number of hydrogen-bond acceptors (Lipinski definition) is 3. The first-order valence-electron chi connectivity index (χ1n) is 5.69.